The van der Waals surface area contributed by atoms with Crippen LogP contribution in [0.2, 0.25) is 0 Å². The second kappa shape index (κ2) is 5.85. The SMILES string of the molecule is COc1ccc2[nH]cc([C@@H](N)C3CCCC3)c2c1.Cl. The highest BCUT2D eigenvalue weighted by Gasteiger charge is 2.25. The van der Waals surface area contributed by atoms with Gasteiger partial charge in [0.05, 0.1) is 7.11 Å². The van der Waals surface area contributed by atoms with Crippen LogP contribution in [0.1, 0.15) is 37.3 Å². The second-order valence-electron chi connectivity index (χ2n) is 5.23. The molecular formula is C15H21ClN2O. The maximum atomic E-state index is 6.44. The molecule has 1 aliphatic carbocycles. The lowest BCUT2D eigenvalue weighted by Gasteiger charge is -2.18. The van der Waals surface area contributed by atoms with Crippen molar-refractivity contribution in [1.82, 2.24) is 4.98 Å². The Hall–Kier alpha value is -1.19. The first-order chi connectivity index (χ1) is 8.79. The van der Waals surface area contributed by atoms with Gasteiger partial charge in [-0.3, -0.25) is 0 Å². The first-order valence-corrected chi connectivity index (χ1v) is 6.70. The molecule has 0 saturated heterocycles. The van der Waals surface area contributed by atoms with Crippen molar-refractivity contribution in [2.45, 2.75) is 31.7 Å². The molecule has 1 aromatic heterocycles. The van der Waals surface area contributed by atoms with Gasteiger partial charge < -0.3 is 15.5 Å². The van der Waals surface area contributed by atoms with Crippen molar-refractivity contribution in [1.29, 1.82) is 0 Å². The molecule has 0 spiro atoms. The molecule has 1 heterocycles. The van der Waals surface area contributed by atoms with Crippen molar-refractivity contribution < 1.29 is 4.74 Å². The van der Waals surface area contributed by atoms with E-state index in [9.17, 15) is 0 Å². The quantitative estimate of drug-likeness (QED) is 0.899. The topological polar surface area (TPSA) is 51.0 Å². The Labute approximate surface area is 119 Å². The van der Waals surface area contributed by atoms with Crippen LogP contribution < -0.4 is 10.5 Å². The summed E-state index contributed by atoms with van der Waals surface area (Å²) in [6.07, 6.45) is 7.23. The van der Waals surface area contributed by atoms with Gasteiger partial charge in [0.15, 0.2) is 0 Å². The third-order valence-electron chi connectivity index (χ3n) is 4.19. The fourth-order valence-electron chi connectivity index (χ4n) is 3.09. The number of methoxy groups -OCH3 is 1. The third-order valence-corrected chi connectivity index (χ3v) is 4.19. The molecule has 1 saturated carbocycles. The number of nitrogens with one attached hydrogen (secondary N) is 1. The van der Waals surface area contributed by atoms with E-state index >= 15 is 0 Å². The van der Waals surface area contributed by atoms with Crippen molar-refractivity contribution >= 4 is 23.3 Å². The van der Waals surface area contributed by atoms with Crippen molar-refractivity contribution in [3.05, 3.63) is 30.0 Å². The number of aromatic nitrogens is 1. The Balaban J connectivity index is 0.00000133. The summed E-state index contributed by atoms with van der Waals surface area (Å²) in [6, 6.07) is 6.26. The zero-order valence-electron chi connectivity index (χ0n) is 11.2. The van der Waals surface area contributed by atoms with E-state index in [-0.39, 0.29) is 18.4 Å². The van der Waals surface area contributed by atoms with Crippen LogP contribution >= 0.6 is 12.4 Å². The number of H-pyrrole nitrogens is 1. The maximum absolute atomic E-state index is 6.44. The van der Waals surface area contributed by atoms with Gasteiger partial charge in [0.25, 0.3) is 0 Å². The van der Waals surface area contributed by atoms with Crippen LogP contribution in [-0.2, 0) is 0 Å². The fraction of sp³-hybridized carbons (Fsp3) is 0.467. The van der Waals surface area contributed by atoms with E-state index in [2.05, 4.69) is 23.3 Å². The van der Waals surface area contributed by atoms with Gasteiger partial charge in [0.2, 0.25) is 0 Å². The molecule has 0 bridgehead atoms. The summed E-state index contributed by atoms with van der Waals surface area (Å²) in [5.41, 5.74) is 8.81. The van der Waals surface area contributed by atoms with E-state index in [1.165, 1.54) is 36.6 Å². The predicted octanol–water partition coefficient (Wildman–Crippen LogP) is 3.79. The molecule has 19 heavy (non-hydrogen) atoms. The summed E-state index contributed by atoms with van der Waals surface area (Å²) in [5.74, 6) is 1.53. The molecule has 0 unspecified atom stereocenters. The molecule has 3 nitrogen and oxygen atoms in total. The van der Waals surface area contributed by atoms with Gasteiger partial charge in [-0.25, -0.2) is 0 Å². The average molecular weight is 281 g/mol. The summed E-state index contributed by atoms with van der Waals surface area (Å²) in [5, 5.41) is 1.20. The molecule has 104 valence electrons. The van der Waals surface area contributed by atoms with Gasteiger partial charge in [0, 0.05) is 23.1 Å². The molecule has 3 N–H and O–H groups in total. The number of hydrogen-bond donors (Lipinski definition) is 2. The van der Waals surface area contributed by atoms with Crippen molar-refractivity contribution in [2.75, 3.05) is 7.11 Å². The first-order valence-electron chi connectivity index (χ1n) is 6.70. The Kier molecular flexibility index (Phi) is 4.38. The molecule has 1 aliphatic rings. The number of aromatic amines is 1. The van der Waals surface area contributed by atoms with Crippen LogP contribution in [0, 0.1) is 5.92 Å². The van der Waals surface area contributed by atoms with E-state index in [0.717, 1.165) is 11.3 Å². The average Bonchev–Trinajstić information content (AvgIpc) is 3.06. The molecule has 1 fully saturated rings. The van der Waals surface area contributed by atoms with Gasteiger partial charge in [-0.1, -0.05) is 12.8 Å². The zero-order chi connectivity index (χ0) is 12.5. The molecular weight excluding hydrogens is 260 g/mol. The van der Waals surface area contributed by atoms with Gasteiger partial charge >= 0.3 is 0 Å². The smallest absolute Gasteiger partial charge is 0.119 e. The minimum atomic E-state index is 0. The summed E-state index contributed by atoms with van der Waals surface area (Å²) in [6.45, 7) is 0. The number of fused-ring (bicyclic) bond motifs is 1. The molecule has 0 amide bonds. The number of ether oxygens (including phenoxy) is 1. The summed E-state index contributed by atoms with van der Waals surface area (Å²) < 4.78 is 5.30. The van der Waals surface area contributed by atoms with Gasteiger partial charge in [-0.2, -0.15) is 0 Å². The molecule has 0 radical (unpaired) electrons. The number of rotatable bonds is 3. The highest BCUT2D eigenvalue weighted by molar-refractivity contribution is 5.85. The maximum Gasteiger partial charge on any atom is 0.119 e. The molecule has 0 aliphatic heterocycles. The Morgan fingerprint density at radius 1 is 1.32 bits per heavy atom. The lowest BCUT2D eigenvalue weighted by atomic mass is 9.92. The van der Waals surface area contributed by atoms with E-state index in [1.54, 1.807) is 7.11 Å². The van der Waals surface area contributed by atoms with Crippen molar-refractivity contribution in [3.63, 3.8) is 0 Å². The van der Waals surface area contributed by atoms with E-state index < -0.39 is 0 Å². The van der Waals surface area contributed by atoms with Crippen LogP contribution in [0.15, 0.2) is 24.4 Å². The molecule has 3 rings (SSSR count). The van der Waals surface area contributed by atoms with Crippen LogP contribution in [0.5, 0.6) is 5.75 Å². The predicted molar refractivity (Wildman–Crippen MR) is 81.0 cm³/mol. The fourth-order valence-corrected chi connectivity index (χ4v) is 3.09. The van der Waals surface area contributed by atoms with Crippen molar-refractivity contribution in [3.8, 4) is 5.75 Å². The Bertz CT molecular complexity index is 546. The second-order valence-corrected chi connectivity index (χ2v) is 5.23. The third kappa shape index (κ3) is 2.58. The molecule has 2 aromatic rings. The zero-order valence-corrected chi connectivity index (χ0v) is 12.0. The minimum Gasteiger partial charge on any atom is -0.497 e. The lowest BCUT2D eigenvalue weighted by Crippen LogP contribution is -2.18. The van der Waals surface area contributed by atoms with Gasteiger partial charge in [-0.15, -0.1) is 12.4 Å². The lowest BCUT2D eigenvalue weighted by molar-refractivity contribution is 0.415. The summed E-state index contributed by atoms with van der Waals surface area (Å²) >= 11 is 0. The first kappa shape index (κ1) is 14.2. The monoisotopic (exact) mass is 280 g/mol. The number of hydrogen-bond acceptors (Lipinski definition) is 2. The van der Waals surface area contributed by atoms with Crippen LogP contribution in [0.4, 0.5) is 0 Å². The van der Waals surface area contributed by atoms with Crippen LogP contribution in [0.25, 0.3) is 10.9 Å². The normalized spacial score (nSPS) is 17.4. The summed E-state index contributed by atoms with van der Waals surface area (Å²) in [4.78, 5) is 3.31. The molecule has 1 atom stereocenters. The Morgan fingerprint density at radius 2 is 2.05 bits per heavy atom. The Morgan fingerprint density at radius 3 is 2.74 bits per heavy atom. The largest absolute Gasteiger partial charge is 0.497 e. The van der Waals surface area contributed by atoms with Crippen LogP contribution in [0.3, 0.4) is 0 Å². The van der Waals surface area contributed by atoms with E-state index in [1.807, 2.05) is 6.07 Å². The van der Waals surface area contributed by atoms with E-state index in [4.69, 9.17) is 10.5 Å². The van der Waals surface area contributed by atoms with Crippen LogP contribution in [-0.4, -0.2) is 12.1 Å². The molecule has 4 heteroatoms. The number of benzene rings is 1. The van der Waals surface area contributed by atoms with E-state index in [0.29, 0.717) is 5.92 Å². The molecule has 1 aromatic carbocycles. The van der Waals surface area contributed by atoms with Gasteiger partial charge in [-0.05, 0) is 42.5 Å². The van der Waals surface area contributed by atoms with Gasteiger partial charge in [0.1, 0.15) is 5.75 Å². The minimum absolute atomic E-state index is 0. The van der Waals surface area contributed by atoms with Crippen molar-refractivity contribution in [2.24, 2.45) is 11.7 Å². The summed E-state index contributed by atoms with van der Waals surface area (Å²) in [7, 11) is 1.70. The number of halogens is 1. The number of nitrogens with two attached hydrogens (primary N) is 1. The highest BCUT2D eigenvalue weighted by Crippen LogP contribution is 2.37. The highest BCUT2D eigenvalue weighted by atomic mass is 35.5. The standard InChI is InChI=1S/C15H20N2O.ClH/c1-18-11-6-7-14-12(8-11)13(9-17-14)15(16)10-4-2-3-5-10;/h6-10,15,17H,2-5,16H2,1H3;1H/t15-;/m0./s1.